The molecule has 104 valence electrons. The molecule has 3 rings (SSSR count). The highest BCUT2D eigenvalue weighted by Crippen LogP contribution is 2.26. The molecule has 2 heteroatoms. The van der Waals surface area contributed by atoms with Gasteiger partial charge in [-0.2, -0.15) is 5.48 Å². The lowest BCUT2D eigenvalue weighted by Crippen LogP contribution is -2.22. The maximum Gasteiger partial charge on any atom is 0.0856 e. The van der Waals surface area contributed by atoms with E-state index >= 15 is 0 Å². The summed E-state index contributed by atoms with van der Waals surface area (Å²) in [4.78, 5) is 5.59. The SMILES string of the molecule is CC1(C)C[C@H](Cc2cccc(-c3ccccc3)c2)NO1. The average Bonchev–Trinajstić information content (AvgIpc) is 2.79. The lowest BCUT2D eigenvalue weighted by molar-refractivity contribution is -0.0311. The van der Waals surface area contributed by atoms with Crippen LogP contribution in [0.2, 0.25) is 0 Å². The quantitative estimate of drug-likeness (QED) is 0.908. The fraction of sp³-hybridized carbons (Fsp3) is 0.333. The summed E-state index contributed by atoms with van der Waals surface area (Å²) in [7, 11) is 0. The van der Waals surface area contributed by atoms with E-state index in [-0.39, 0.29) is 5.60 Å². The predicted molar refractivity (Wildman–Crippen MR) is 82.3 cm³/mol. The highest BCUT2D eigenvalue weighted by molar-refractivity contribution is 5.63. The molecule has 0 saturated carbocycles. The Morgan fingerprint density at radius 2 is 1.80 bits per heavy atom. The standard InChI is InChI=1S/C18H21NO/c1-18(2)13-17(19-20-18)12-14-7-6-10-16(11-14)15-8-4-3-5-9-15/h3-11,17,19H,12-13H2,1-2H3/t17-/m0/s1. The number of hydroxylamine groups is 1. The fourth-order valence-corrected chi connectivity index (χ4v) is 2.83. The van der Waals surface area contributed by atoms with Crippen molar-refractivity contribution in [3.05, 3.63) is 60.2 Å². The van der Waals surface area contributed by atoms with E-state index in [9.17, 15) is 0 Å². The molecule has 1 heterocycles. The Balaban J connectivity index is 1.76. The summed E-state index contributed by atoms with van der Waals surface area (Å²) in [6.45, 7) is 4.25. The van der Waals surface area contributed by atoms with Crippen molar-refractivity contribution in [2.45, 2.75) is 38.3 Å². The van der Waals surface area contributed by atoms with Gasteiger partial charge in [-0.1, -0.05) is 54.6 Å². The van der Waals surface area contributed by atoms with Gasteiger partial charge < -0.3 is 0 Å². The lowest BCUT2D eigenvalue weighted by Gasteiger charge is -2.13. The molecule has 1 N–H and O–H groups in total. The van der Waals surface area contributed by atoms with Crippen LogP contribution in [-0.2, 0) is 11.3 Å². The van der Waals surface area contributed by atoms with Crippen molar-refractivity contribution < 1.29 is 4.84 Å². The first-order chi connectivity index (χ1) is 9.62. The van der Waals surface area contributed by atoms with Crippen LogP contribution in [0, 0.1) is 0 Å². The summed E-state index contributed by atoms with van der Waals surface area (Å²) >= 11 is 0. The van der Waals surface area contributed by atoms with Crippen LogP contribution in [-0.4, -0.2) is 11.6 Å². The van der Waals surface area contributed by atoms with Crippen molar-refractivity contribution in [3.8, 4) is 11.1 Å². The molecule has 20 heavy (non-hydrogen) atoms. The van der Waals surface area contributed by atoms with Gasteiger partial charge in [0.2, 0.25) is 0 Å². The second kappa shape index (κ2) is 5.39. The van der Waals surface area contributed by atoms with E-state index in [2.05, 4.69) is 73.9 Å². The van der Waals surface area contributed by atoms with Gasteiger partial charge in [0.15, 0.2) is 0 Å². The molecule has 0 radical (unpaired) electrons. The number of nitrogens with one attached hydrogen (secondary N) is 1. The highest BCUT2D eigenvalue weighted by Gasteiger charge is 2.31. The molecule has 1 fully saturated rings. The van der Waals surface area contributed by atoms with Crippen molar-refractivity contribution in [3.63, 3.8) is 0 Å². The monoisotopic (exact) mass is 267 g/mol. The van der Waals surface area contributed by atoms with E-state index in [1.54, 1.807) is 0 Å². The Hall–Kier alpha value is -1.64. The Labute approximate surface area is 120 Å². The molecule has 1 atom stereocenters. The Morgan fingerprint density at radius 3 is 2.50 bits per heavy atom. The topological polar surface area (TPSA) is 21.3 Å². The zero-order chi connectivity index (χ0) is 14.0. The van der Waals surface area contributed by atoms with E-state index < -0.39 is 0 Å². The molecule has 1 aliphatic rings. The number of hydrogen-bond donors (Lipinski definition) is 1. The molecule has 0 bridgehead atoms. The smallest absolute Gasteiger partial charge is 0.0856 e. The van der Waals surface area contributed by atoms with Gasteiger partial charge in [-0.15, -0.1) is 0 Å². The van der Waals surface area contributed by atoms with Gasteiger partial charge in [0.25, 0.3) is 0 Å². The van der Waals surface area contributed by atoms with Gasteiger partial charge in [0.05, 0.1) is 5.60 Å². The van der Waals surface area contributed by atoms with E-state index in [1.165, 1.54) is 16.7 Å². The van der Waals surface area contributed by atoms with Gasteiger partial charge in [-0.3, -0.25) is 4.84 Å². The van der Waals surface area contributed by atoms with Crippen molar-refractivity contribution >= 4 is 0 Å². The largest absolute Gasteiger partial charge is 0.295 e. The third-order valence-corrected chi connectivity index (χ3v) is 3.76. The molecule has 1 aliphatic heterocycles. The highest BCUT2D eigenvalue weighted by atomic mass is 16.7. The molecule has 2 aromatic carbocycles. The van der Waals surface area contributed by atoms with Crippen LogP contribution in [0.3, 0.4) is 0 Å². The molecule has 0 aliphatic carbocycles. The van der Waals surface area contributed by atoms with Crippen LogP contribution in [0.4, 0.5) is 0 Å². The molecule has 0 unspecified atom stereocenters. The van der Waals surface area contributed by atoms with E-state index in [0.717, 1.165) is 12.8 Å². The van der Waals surface area contributed by atoms with E-state index in [4.69, 9.17) is 4.84 Å². The second-order valence-corrected chi connectivity index (χ2v) is 6.15. The van der Waals surface area contributed by atoms with Crippen LogP contribution in [0.5, 0.6) is 0 Å². The van der Waals surface area contributed by atoms with Gasteiger partial charge in [-0.05, 0) is 43.4 Å². The molecule has 0 spiro atoms. The number of hydrogen-bond acceptors (Lipinski definition) is 2. The normalized spacial score (nSPS) is 21.0. The van der Waals surface area contributed by atoms with Crippen LogP contribution >= 0.6 is 0 Å². The lowest BCUT2D eigenvalue weighted by atomic mass is 9.94. The summed E-state index contributed by atoms with van der Waals surface area (Å²) in [5.41, 5.74) is 7.00. The van der Waals surface area contributed by atoms with Crippen molar-refractivity contribution in [1.82, 2.24) is 5.48 Å². The van der Waals surface area contributed by atoms with Crippen LogP contribution in [0.1, 0.15) is 25.8 Å². The first-order valence-corrected chi connectivity index (χ1v) is 7.20. The fourth-order valence-electron chi connectivity index (χ4n) is 2.83. The van der Waals surface area contributed by atoms with Gasteiger partial charge in [-0.25, -0.2) is 0 Å². The maximum atomic E-state index is 5.59. The molecule has 0 aromatic heterocycles. The molecular formula is C18H21NO. The minimum absolute atomic E-state index is 0.0539. The Bertz CT molecular complexity index is 577. The minimum Gasteiger partial charge on any atom is -0.295 e. The van der Waals surface area contributed by atoms with Crippen molar-refractivity contribution in [1.29, 1.82) is 0 Å². The van der Waals surface area contributed by atoms with Gasteiger partial charge >= 0.3 is 0 Å². The number of rotatable bonds is 3. The van der Waals surface area contributed by atoms with Gasteiger partial charge in [0, 0.05) is 6.04 Å². The van der Waals surface area contributed by atoms with Crippen LogP contribution in [0.15, 0.2) is 54.6 Å². The zero-order valence-corrected chi connectivity index (χ0v) is 12.1. The van der Waals surface area contributed by atoms with E-state index in [0.29, 0.717) is 6.04 Å². The zero-order valence-electron chi connectivity index (χ0n) is 12.1. The van der Waals surface area contributed by atoms with E-state index in [1.807, 2.05) is 0 Å². The number of benzene rings is 2. The van der Waals surface area contributed by atoms with Crippen molar-refractivity contribution in [2.24, 2.45) is 0 Å². The van der Waals surface area contributed by atoms with Gasteiger partial charge in [0.1, 0.15) is 0 Å². The molecule has 0 amide bonds. The first-order valence-electron chi connectivity index (χ1n) is 7.20. The summed E-state index contributed by atoms with van der Waals surface area (Å²) in [6.07, 6.45) is 2.05. The summed E-state index contributed by atoms with van der Waals surface area (Å²) in [6, 6.07) is 19.7. The Morgan fingerprint density at radius 1 is 1.05 bits per heavy atom. The second-order valence-electron chi connectivity index (χ2n) is 6.15. The molecule has 1 saturated heterocycles. The average molecular weight is 267 g/mol. The molecule has 2 nitrogen and oxygen atoms in total. The molecular weight excluding hydrogens is 246 g/mol. The predicted octanol–water partition coefficient (Wildman–Crippen LogP) is 3.97. The summed E-state index contributed by atoms with van der Waals surface area (Å²) in [5.74, 6) is 0. The van der Waals surface area contributed by atoms with Crippen LogP contribution in [0.25, 0.3) is 11.1 Å². The first kappa shape index (κ1) is 13.3. The summed E-state index contributed by atoms with van der Waals surface area (Å²) in [5, 5.41) is 0. The third-order valence-electron chi connectivity index (χ3n) is 3.76. The summed E-state index contributed by atoms with van der Waals surface area (Å²) < 4.78 is 0. The third kappa shape index (κ3) is 3.09. The molecule has 2 aromatic rings. The maximum absolute atomic E-state index is 5.59. The van der Waals surface area contributed by atoms with Crippen LogP contribution < -0.4 is 5.48 Å². The minimum atomic E-state index is -0.0539. The Kier molecular flexibility index (Phi) is 3.60. The van der Waals surface area contributed by atoms with Crippen molar-refractivity contribution in [2.75, 3.05) is 0 Å².